The van der Waals surface area contributed by atoms with Crippen molar-refractivity contribution in [3.05, 3.63) is 26.7 Å². The highest BCUT2D eigenvalue weighted by atomic mass is 16.2. The zero-order chi connectivity index (χ0) is 13.3. The minimum atomic E-state index is -0.400. The molecule has 6 nitrogen and oxygen atoms in total. The zero-order valence-corrected chi connectivity index (χ0v) is 10.9. The predicted octanol–water partition coefficient (Wildman–Crippen LogP) is 1.02. The van der Waals surface area contributed by atoms with Crippen molar-refractivity contribution in [3.63, 3.8) is 0 Å². The largest absolute Gasteiger partial charge is 0.336 e. The molecule has 98 valence electrons. The Morgan fingerprint density at radius 2 is 2.00 bits per heavy atom. The lowest BCUT2D eigenvalue weighted by molar-refractivity contribution is 0.509. The molecular formula is C12H18N4O2. The molecule has 18 heavy (non-hydrogen) atoms. The summed E-state index contributed by atoms with van der Waals surface area (Å²) in [5, 5.41) is 0. The Hall–Kier alpha value is -1.85. The molecule has 0 atom stereocenters. The molecule has 0 aliphatic carbocycles. The summed E-state index contributed by atoms with van der Waals surface area (Å²) in [6, 6.07) is 0. The van der Waals surface area contributed by atoms with Crippen molar-refractivity contribution in [2.24, 2.45) is 5.92 Å². The van der Waals surface area contributed by atoms with Gasteiger partial charge in [-0.25, -0.2) is 9.78 Å². The fourth-order valence-electron chi connectivity index (χ4n) is 1.85. The van der Waals surface area contributed by atoms with Crippen LogP contribution < -0.4 is 11.2 Å². The molecule has 0 aliphatic rings. The molecular weight excluding hydrogens is 232 g/mol. The average Bonchev–Trinajstić information content (AvgIpc) is 2.72. The molecule has 2 aromatic rings. The van der Waals surface area contributed by atoms with Crippen LogP contribution in [-0.4, -0.2) is 19.5 Å². The van der Waals surface area contributed by atoms with Gasteiger partial charge in [-0.05, 0) is 12.3 Å². The summed E-state index contributed by atoms with van der Waals surface area (Å²) in [7, 11) is 0. The Morgan fingerprint density at radius 1 is 1.28 bits per heavy atom. The van der Waals surface area contributed by atoms with Crippen LogP contribution in [0.3, 0.4) is 0 Å². The molecule has 0 saturated heterocycles. The van der Waals surface area contributed by atoms with Gasteiger partial charge in [-0.2, -0.15) is 0 Å². The molecule has 2 N–H and O–H groups in total. The van der Waals surface area contributed by atoms with Gasteiger partial charge in [0.2, 0.25) is 0 Å². The average molecular weight is 250 g/mol. The number of imidazole rings is 1. The number of fused-ring (bicyclic) bond motifs is 1. The number of hydrogen-bond acceptors (Lipinski definition) is 3. The van der Waals surface area contributed by atoms with Crippen LogP contribution >= 0.6 is 0 Å². The predicted molar refractivity (Wildman–Crippen MR) is 69.8 cm³/mol. The summed E-state index contributed by atoms with van der Waals surface area (Å²) in [4.78, 5) is 33.1. The molecule has 0 amide bonds. The number of aromatic amines is 2. The molecule has 0 bridgehead atoms. The Morgan fingerprint density at radius 3 is 2.61 bits per heavy atom. The van der Waals surface area contributed by atoms with Gasteiger partial charge < -0.3 is 4.98 Å². The summed E-state index contributed by atoms with van der Waals surface area (Å²) in [5.74, 6) is 1.21. The molecule has 0 aliphatic heterocycles. The Bertz CT molecular complexity index is 663. The fraction of sp³-hybridized carbons (Fsp3) is 0.583. The molecule has 2 aromatic heterocycles. The number of rotatable bonds is 4. The second kappa shape index (κ2) is 4.80. The molecule has 0 aromatic carbocycles. The molecule has 0 spiro atoms. The maximum Gasteiger partial charge on any atom is 0.330 e. The number of aromatic nitrogens is 4. The Kier molecular flexibility index (Phi) is 3.36. The quantitative estimate of drug-likeness (QED) is 0.849. The van der Waals surface area contributed by atoms with E-state index in [9.17, 15) is 9.59 Å². The second-order valence-electron chi connectivity index (χ2n) is 4.83. The van der Waals surface area contributed by atoms with E-state index in [-0.39, 0.29) is 5.69 Å². The number of H-pyrrole nitrogens is 2. The normalized spacial score (nSPS) is 11.6. The Balaban J connectivity index is 2.60. The van der Waals surface area contributed by atoms with Gasteiger partial charge in [-0.1, -0.05) is 20.8 Å². The van der Waals surface area contributed by atoms with E-state index in [0.29, 0.717) is 30.0 Å². The first-order chi connectivity index (χ1) is 8.52. The second-order valence-corrected chi connectivity index (χ2v) is 4.83. The maximum absolute atomic E-state index is 11.8. The Labute approximate surface area is 104 Å². The SMILES string of the molecule is CCc1nc2c([nH]1)c(=O)[nH]c(=O)n2CCC(C)C. The minimum Gasteiger partial charge on any atom is -0.336 e. The van der Waals surface area contributed by atoms with E-state index >= 15 is 0 Å². The highest BCUT2D eigenvalue weighted by Crippen LogP contribution is 2.08. The van der Waals surface area contributed by atoms with E-state index in [1.165, 1.54) is 4.57 Å². The first-order valence-corrected chi connectivity index (χ1v) is 6.24. The number of aryl methyl sites for hydroxylation is 2. The fourth-order valence-corrected chi connectivity index (χ4v) is 1.85. The summed E-state index contributed by atoms with van der Waals surface area (Å²) >= 11 is 0. The van der Waals surface area contributed by atoms with E-state index in [0.717, 1.165) is 12.2 Å². The van der Waals surface area contributed by atoms with Crippen LogP contribution in [-0.2, 0) is 13.0 Å². The molecule has 0 saturated carbocycles. The van der Waals surface area contributed by atoms with E-state index in [1.54, 1.807) is 0 Å². The summed E-state index contributed by atoms with van der Waals surface area (Å²) in [6.07, 6.45) is 1.57. The van der Waals surface area contributed by atoms with Gasteiger partial charge in [0.15, 0.2) is 5.65 Å². The highest BCUT2D eigenvalue weighted by molar-refractivity contribution is 5.69. The van der Waals surface area contributed by atoms with E-state index in [1.807, 2.05) is 6.92 Å². The summed E-state index contributed by atoms with van der Waals surface area (Å²) in [6.45, 7) is 6.70. The van der Waals surface area contributed by atoms with Gasteiger partial charge in [-0.15, -0.1) is 0 Å². The van der Waals surface area contributed by atoms with Gasteiger partial charge in [0, 0.05) is 13.0 Å². The smallest absolute Gasteiger partial charge is 0.330 e. The van der Waals surface area contributed by atoms with Crippen LogP contribution in [0.25, 0.3) is 11.2 Å². The lowest BCUT2D eigenvalue weighted by Crippen LogP contribution is -2.30. The molecule has 6 heteroatoms. The van der Waals surface area contributed by atoms with E-state index in [4.69, 9.17) is 0 Å². The lowest BCUT2D eigenvalue weighted by atomic mass is 10.1. The van der Waals surface area contributed by atoms with E-state index in [2.05, 4.69) is 28.8 Å². The minimum absolute atomic E-state index is 0.384. The topological polar surface area (TPSA) is 83.5 Å². The zero-order valence-electron chi connectivity index (χ0n) is 10.9. The third-order valence-corrected chi connectivity index (χ3v) is 2.95. The van der Waals surface area contributed by atoms with Gasteiger partial charge in [-0.3, -0.25) is 14.3 Å². The number of nitrogens with zero attached hydrogens (tertiary/aromatic N) is 2. The first kappa shape index (κ1) is 12.6. The van der Waals surface area contributed by atoms with Gasteiger partial charge in [0.25, 0.3) is 5.56 Å². The van der Waals surface area contributed by atoms with Crippen LogP contribution in [0.4, 0.5) is 0 Å². The van der Waals surface area contributed by atoms with Crippen molar-refractivity contribution < 1.29 is 0 Å². The molecule has 0 unspecified atom stereocenters. The monoisotopic (exact) mass is 250 g/mol. The molecule has 2 rings (SSSR count). The third-order valence-electron chi connectivity index (χ3n) is 2.95. The summed E-state index contributed by atoms with van der Waals surface area (Å²) < 4.78 is 1.53. The van der Waals surface area contributed by atoms with Gasteiger partial charge in [0.1, 0.15) is 11.3 Å². The van der Waals surface area contributed by atoms with Crippen LogP contribution in [0.1, 0.15) is 33.0 Å². The van der Waals surface area contributed by atoms with Crippen molar-refractivity contribution in [1.29, 1.82) is 0 Å². The van der Waals surface area contributed by atoms with E-state index < -0.39 is 5.56 Å². The standard InChI is InChI=1S/C12H18N4O2/c1-4-8-13-9-10(14-8)16(6-5-7(2)3)12(18)15-11(9)17/h7H,4-6H2,1-3H3,(H,13,14)(H,15,17,18). The lowest BCUT2D eigenvalue weighted by Gasteiger charge is -2.07. The molecule has 2 heterocycles. The van der Waals surface area contributed by atoms with Crippen LogP contribution in [0.15, 0.2) is 9.59 Å². The first-order valence-electron chi connectivity index (χ1n) is 6.24. The van der Waals surface area contributed by atoms with Crippen LogP contribution in [0.2, 0.25) is 0 Å². The maximum atomic E-state index is 11.8. The van der Waals surface area contributed by atoms with Crippen molar-refractivity contribution in [3.8, 4) is 0 Å². The molecule has 0 radical (unpaired) electrons. The van der Waals surface area contributed by atoms with Crippen molar-refractivity contribution in [1.82, 2.24) is 19.5 Å². The molecule has 0 fully saturated rings. The van der Waals surface area contributed by atoms with Crippen molar-refractivity contribution >= 4 is 11.2 Å². The number of nitrogens with one attached hydrogen (secondary N) is 2. The van der Waals surface area contributed by atoms with Crippen LogP contribution in [0.5, 0.6) is 0 Å². The van der Waals surface area contributed by atoms with Crippen molar-refractivity contribution in [2.75, 3.05) is 0 Å². The third kappa shape index (κ3) is 2.23. The van der Waals surface area contributed by atoms with Gasteiger partial charge in [0.05, 0.1) is 0 Å². The number of hydrogen-bond donors (Lipinski definition) is 2. The van der Waals surface area contributed by atoms with Crippen molar-refractivity contribution in [2.45, 2.75) is 40.2 Å². The highest BCUT2D eigenvalue weighted by Gasteiger charge is 2.12. The summed E-state index contributed by atoms with van der Waals surface area (Å²) in [5.41, 5.74) is 0.0572. The van der Waals surface area contributed by atoms with Crippen LogP contribution in [0, 0.1) is 5.92 Å². The van der Waals surface area contributed by atoms with Gasteiger partial charge >= 0.3 is 5.69 Å².